The Bertz CT molecular complexity index is 419. The first-order valence-corrected chi connectivity index (χ1v) is 4.79. The van der Waals surface area contributed by atoms with Crippen LogP contribution in [0, 0.1) is 43.2 Å². The molecule has 0 fully saturated rings. The van der Waals surface area contributed by atoms with Crippen LogP contribution in [-0.2, 0) is 21.7 Å². The molecule has 1 aliphatic rings. The fraction of sp³-hybridized carbons (Fsp3) is 0.0526. The minimum absolute atomic E-state index is 0. The molecule has 0 saturated heterocycles. The Morgan fingerprint density at radius 1 is 0.864 bits per heavy atom. The Kier molecular flexibility index (Phi) is 49.9. The van der Waals surface area contributed by atoms with Crippen molar-refractivity contribution in [1.82, 2.24) is 0 Å². The molecule has 2 aromatic rings. The van der Waals surface area contributed by atoms with E-state index >= 15 is 0 Å². The third-order valence-electron chi connectivity index (χ3n) is 2.13. The summed E-state index contributed by atoms with van der Waals surface area (Å²) in [4.78, 5) is 0. The predicted molar refractivity (Wildman–Crippen MR) is 108 cm³/mol. The van der Waals surface area contributed by atoms with Gasteiger partial charge in [0.2, 0.25) is 0 Å². The molecule has 22 heavy (non-hydrogen) atoms. The molecule has 0 heterocycles. The van der Waals surface area contributed by atoms with Gasteiger partial charge in [-0.2, -0.15) is 23.6 Å². The van der Waals surface area contributed by atoms with Crippen molar-refractivity contribution in [2.45, 2.75) is 6.42 Å². The first-order chi connectivity index (χ1) is 6.97. The first kappa shape index (κ1) is 43.0. The molecule has 0 amide bonds. The van der Waals surface area contributed by atoms with Crippen LogP contribution >= 0.6 is 24.8 Å². The van der Waals surface area contributed by atoms with Crippen molar-refractivity contribution >= 4 is 35.6 Å². The number of rotatable bonds is 0. The molecule has 130 valence electrons. The fourth-order valence-corrected chi connectivity index (χ4v) is 1.41. The molecular formula is C19H29Cl2Ti-7. The molecular weight excluding hydrogens is 347 g/mol. The van der Waals surface area contributed by atoms with Gasteiger partial charge in [0.1, 0.15) is 0 Å². The average molecular weight is 376 g/mol. The van der Waals surface area contributed by atoms with Crippen LogP contribution in [0.15, 0.2) is 60.7 Å². The molecule has 0 atom stereocenters. The van der Waals surface area contributed by atoms with Crippen LogP contribution in [0.3, 0.4) is 0 Å². The second-order valence-corrected chi connectivity index (χ2v) is 3.16. The molecule has 0 unspecified atom stereocenters. The zero-order valence-corrected chi connectivity index (χ0v) is 17.5. The van der Waals surface area contributed by atoms with E-state index in [4.69, 9.17) is 0 Å². The van der Waals surface area contributed by atoms with Crippen LogP contribution in [0.5, 0.6) is 0 Å². The Balaban J connectivity index is -0.0000000319. The van der Waals surface area contributed by atoms with Crippen LogP contribution < -0.4 is 0 Å². The SMILES string of the molecule is Cl.Cl.[C-]1=CC=CC1.[CH3-].[CH3-].[CH3-].[CH3-].[CH3-].[Ti].c1ccc2[cH-]ccc2c1. The Morgan fingerprint density at radius 2 is 1.45 bits per heavy atom. The van der Waals surface area contributed by atoms with E-state index in [-0.39, 0.29) is 83.7 Å². The Morgan fingerprint density at radius 3 is 1.86 bits per heavy atom. The van der Waals surface area contributed by atoms with Gasteiger partial charge in [0.05, 0.1) is 0 Å². The van der Waals surface area contributed by atoms with Crippen molar-refractivity contribution in [3.8, 4) is 0 Å². The maximum Gasteiger partial charge on any atom is 0 e. The third-order valence-corrected chi connectivity index (χ3v) is 2.13. The molecule has 0 saturated carbocycles. The Labute approximate surface area is 167 Å². The smallest absolute Gasteiger partial charge is 0 e. The number of halogens is 2. The van der Waals surface area contributed by atoms with Crippen LogP contribution in [0.2, 0.25) is 0 Å². The largest absolute Gasteiger partial charge is 0.358 e. The summed E-state index contributed by atoms with van der Waals surface area (Å²) >= 11 is 0. The van der Waals surface area contributed by atoms with E-state index in [0.29, 0.717) is 0 Å². The molecule has 0 nitrogen and oxygen atoms in total. The molecule has 1 aliphatic carbocycles. The zero-order valence-electron chi connectivity index (χ0n) is 14.3. The van der Waals surface area contributed by atoms with E-state index in [1.54, 1.807) is 0 Å². The quantitative estimate of drug-likeness (QED) is 0.345. The monoisotopic (exact) mass is 375 g/mol. The molecule has 0 aromatic heterocycles. The van der Waals surface area contributed by atoms with E-state index in [1.807, 2.05) is 12.2 Å². The van der Waals surface area contributed by atoms with Gasteiger partial charge in [-0.25, -0.2) is 12.2 Å². The first-order valence-electron chi connectivity index (χ1n) is 4.79. The summed E-state index contributed by atoms with van der Waals surface area (Å²) in [6, 6.07) is 14.7. The van der Waals surface area contributed by atoms with Gasteiger partial charge in [0.25, 0.3) is 0 Å². The van der Waals surface area contributed by atoms with Gasteiger partial charge in [-0.15, -0.1) is 60.9 Å². The van der Waals surface area contributed by atoms with Crippen LogP contribution in [0.25, 0.3) is 10.8 Å². The van der Waals surface area contributed by atoms with E-state index in [1.165, 1.54) is 10.8 Å². The molecule has 2 aromatic carbocycles. The summed E-state index contributed by atoms with van der Waals surface area (Å²) in [7, 11) is 0. The minimum Gasteiger partial charge on any atom is -0.358 e. The van der Waals surface area contributed by atoms with E-state index in [2.05, 4.69) is 54.6 Å². The van der Waals surface area contributed by atoms with Gasteiger partial charge in [0, 0.05) is 21.7 Å². The summed E-state index contributed by atoms with van der Waals surface area (Å²) in [6.45, 7) is 0. The van der Waals surface area contributed by atoms with E-state index < -0.39 is 0 Å². The number of fused-ring (bicyclic) bond motifs is 1. The topological polar surface area (TPSA) is 0 Å². The summed E-state index contributed by atoms with van der Waals surface area (Å²) < 4.78 is 0. The molecule has 0 bridgehead atoms. The van der Waals surface area contributed by atoms with Crippen molar-refractivity contribution in [3.63, 3.8) is 0 Å². The van der Waals surface area contributed by atoms with Gasteiger partial charge in [-0.05, 0) is 0 Å². The molecule has 3 rings (SSSR count). The van der Waals surface area contributed by atoms with Crippen molar-refractivity contribution in [3.05, 3.63) is 104 Å². The second kappa shape index (κ2) is 25.6. The number of benzene rings is 1. The van der Waals surface area contributed by atoms with Crippen molar-refractivity contribution in [1.29, 1.82) is 0 Å². The van der Waals surface area contributed by atoms with Gasteiger partial charge >= 0.3 is 0 Å². The summed E-state index contributed by atoms with van der Waals surface area (Å²) in [6.07, 6.45) is 10.0. The molecule has 0 N–H and O–H groups in total. The minimum atomic E-state index is 0. The van der Waals surface area contributed by atoms with E-state index in [9.17, 15) is 0 Å². The van der Waals surface area contributed by atoms with Crippen LogP contribution in [-0.4, -0.2) is 0 Å². The molecule has 0 aliphatic heterocycles. The fourth-order valence-electron chi connectivity index (χ4n) is 1.41. The zero-order chi connectivity index (χ0) is 9.64. The predicted octanol–water partition coefficient (Wildman–Crippen LogP) is 6.96. The summed E-state index contributed by atoms with van der Waals surface area (Å²) in [5, 5.41) is 2.66. The van der Waals surface area contributed by atoms with Crippen molar-refractivity contribution in [2.75, 3.05) is 0 Å². The molecule has 0 spiro atoms. The maximum absolute atomic E-state index is 2.99. The van der Waals surface area contributed by atoms with Gasteiger partial charge in [-0.1, -0.05) is 6.07 Å². The van der Waals surface area contributed by atoms with Gasteiger partial charge < -0.3 is 37.1 Å². The van der Waals surface area contributed by atoms with E-state index in [0.717, 1.165) is 6.42 Å². The third kappa shape index (κ3) is 14.5. The summed E-state index contributed by atoms with van der Waals surface area (Å²) in [5.74, 6) is 0. The number of hydrogen-bond acceptors (Lipinski definition) is 0. The standard InChI is InChI=1S/C9H7.C5H5.5CH3.2ClH.Ti/c1-2-5-9-7-3-6-8(9)4-1;1-2-4-5-3-1;;;;;;;;/h1-7H;1-3H,4H2;5*1H3;2*1H;/q7*-1;;;. The number of hydrogen-bond donors (Lipinski definition) is 0. The maximum atomic E-state index is 2.99. The molecule has 0 radical (unpaired) electrons. The van der Waals surface area contributed by atoms with Crippen LogP contribution in [0.4, 0.5) is 0 Å². The van der Waals surface area contributed by atoms with Crippen molar-refractivity contribution < 1.29 is 21.7 Å². The van der Waals surface area contributed by atoms with Crippen molar-refractivity contribution in [2.24, 2.45) is 0 Å². The second-order valence-electron chi connectivity index (χ2n) is 3.16. The number of allylic oxidation sites excluding steroid dienone is 4. The van der Waals surface area contributed by atoms with Gasteiger partial charge in [0.15, 0.2) is 0 Å². The summed E-state index contributed by atoms with van der Waals surface area (Å²) in [5.41, 5.74) is 0. The normalized spacial score (nSPS) is 8.18. The van der Waals surface area contributed by atoms with Crippen LogP contribution in [0.1, 0.15) is 6.42 Å². The van der Waals surface area contributed by atoms with Gasteiger partial charge in [-0.3, -0.25) is 6.08 Å². The average Bonchev–Trinajstić information content (AvgIpc) is 2.92. The Hall–Kier alpha value is -0.396. The molecule has 3 heteroatoms.